The summed E-state index contributed by atoms with van der Waals surface area (Å²) in [6, 6.07) is 8.37. The fraction of sp³-hybridized carbons (Fsp3) is 0.667. The summed E-state index contributed by atoms with van der Waals surface area (Å²) >= 11 is 0. The predicted octanol–water partition coefficient (Wildman–Crippen LogP) is 4.27. The highest BCUT2D eigenvalue weighted by molar-refractivity contribution is 5.40. The van der Waals surface area contributed by atoms with Gasteiger partial charge in [0.2, 0.25) is 0 Å². The van der Waals surface area contributed by atoms with Crippen molar-refractivity contribution in [2.45, 2.75) is 52.4 Å². The molecule has 2 N–H and O–H groups in total. The lowest BCUT2D eigenvalue weighted by atomic mass is 9.85. The number of anilines is 1. The first-order valence-corrected chi connectivity index (χ1v) is 8.04. The molecule has 0 bridgehead atoms. The van der Waals surface area contributed by atoms with E-state index in [0.29, 0.717) is 11.3 Å². The highest BCUT2D eigenvalue weighted by Crippen LogP contribution is 2.30. The topological polar surface area (TPSA) is 29.3 Å². The molecule has 2 rings (SSSR count). The van der Waals surface area contributed by atoms with Gasteiger partial charge < -0.3 is 10.6 Å². The second-order valence-corrected chi connectivity index (χ2v) is 7.22. The van der Waals surface area contributed by atoms with Crippen molar-refractivity contribution < 1.29 is 0 Å². The van der Waals surface area contributed by atoms with E-state index in [1.54, 1.807) is 0 Å². The quantitative estimate of drug-likeness (QED) is 0.831. The van der Waals surface area contributed by atoms with Crippen LogP contribution in [-0.2, 0) is 0 Å². The lowest BCUT2D eigenvalue weighted by molar-refractivity contribution is 0.255. The third-order valence-electron chi connectivity index (χ3n) is 4.82. The molecule has 1 heterocycles. The Balaban J connectivity index is 1.81. The minimum absolute atomic E-state index is 0.539. The number of nitrogen functional groups attached to an aromatic ring is 1. The molecule has 2 heteroatoms. The van der Waals surface area contributed by atoms with Crippen LogP contribution in [0.5, 0.6) is 0 Å². The Morgan fingerprint density at radius 2 is 1.85 bits per heavy atom. The lowest BCUT2D eigenvalue weighted by Gasteiger charge is -2.24. The van der Waals surface area contributed by atoms with Crippen LogP contribution in [0.4, 0.5) is 5.69 Å². The molecule has 1 aliphatic heterocycles. The molecule has 0 aromatic heterocycles. The van der Waals surface area contributed by atoms with Crippen molar-refractivity contribution in [2.75, 3.05) is 25.4 Å². The van der Waals surface area contributed by atoms with Crippen molar-refractivity contribution in [3.05, 3.63) is 29.8 Å². The van der Waals surface area contributed by atoms with E-state index < -0.39 is 0 Å². The molecule has 20 heavy (non-hydrogen) atoms. The first-order chi connectivity index (χ1) is 9.46. The van der Waals surface area contributed by atoms with Crippen molar-refractivity contribution in [3.8, 4) is 0 Å². The van der Waals surface area contributed by atoms with Gasteiger partial charge in [0.15, 0.2) is 0 Å². The molecule has 0 radical (unpaired) electrons. The molecule has 1 aliphatic rings. The van der Waals surface area contributed by atoms with Gasteiger partial charge in [0.1, 0.15) is 0 Å². The van der Waals surface area contributed by atoms with Gasteiger partial charge in [-0.25, -0.2) is 0 Å². The zero-order chi connectivity index (χ0) is 14.6. The maximum atomic E-state index is 5.75. The number of nitrogens with two attached hydrogens (primary N) is 1. The Hall–Kier alpha value is -1.02. The average Bonchev–Trinajstić information content (AvgIpc) is 2.58. The minimum atomic E-state index is 0.539. The smallest absolute Gasteiger partial charge is 0.0314 e. The largest absolute Gasteiger partial charge is 0.399 e. The van der Waals surface area contributed by atoms with E-state index in [1.807, 2.05) is 12.1 Å². The number of rotatable bonds is 4. The van der Waals surface area contributed by atoms with Crippen molar-refractivity contribution in [1.29, 1.82) is 0 Å². The summed E-state index contributed by atoms with van der Waals surface area (Å²) in [6.45, 7) is 10.9. The molecular weight excluding hydrogens is 244 g/mol. The molecule has 0 amide bonds. The summed E-state index contributed by atoms with van der Waals surface area (Å²) < 4.78 is 0. The van der Waals surface area contributed by atoms with Gasteiger partial charge in [0.25, 0.3) is 0 Å². The van der Waals surface area contributed by atoms with E-state index in [2.05, 4.69) is 37.8 Å². The Labute approximate surface area is 124 Å². The molecule has 1 fully saturated rings. The van der Waals surface area contributed by atoms with E-state index in [-0.39, 0.29) is 0 Å². The zero-order valence-electron chi connectivity index (χ0n) is 13.4. The molecule has 1 unspecified atom stereocenters. The summed E-state index contributed by atoms with van der Waals surface area (Å²) in [5.74, 6) is 0.617. The Morgan fingerprint density at radius 1 is 1.15 bits per heavy atom. The molecule has 1 aromatic rings. The third-order valence-corrected chi connectivity index (χ3v) is 4.82. The average molecular weight is 274 g/mol. The van der Waals surface area contributed by atoms with Crippen LogP contribution < -0.4 is 5.73 Å². The van der Waals surface area contributed by atoms with Gasteiger partial charge in [-0.3, -0.25) is 0 Å². The van der Waals surface area contributed by atoms with E-state index in [9.17, 15) is 0 Å². The summed E-state index contributed by atoms with van der Waals surface area (Å²) in [5.41, 5.74) is 8.56. The summed E-state index contributed by atoms with van der Waals surface area (Å²) in [4.78, 5) is 2.66. The summed E-state index contributed by atoms with van der Waals surface area (Å²) in [6.07, 6.45) is 5.30. The third kappa shape index (κ3) is 4.52. The second-order valence-electron chi connectivity index (χ2n) is 7.22. The fourth-order valence-corrected chi connectivity index (χ4v) is 3.07. The van der Waals surface area contributed by atoms with Crippen LogP contribution in [-0.4, -0.2) is 24.5 Å². The molecule has 1 aromatic carbocycles. The van der Waals surface area contributed by atoms with Gasteiger partial charge >= 0.3 is 0 Å². The van der Waals surface area contributed by atoms with Gasteiger partial charge in [0, 0.05) is 5.69 Å². The Kier molecular flexibility index (Phi) is 5.09. The molecule has 0 spiro atoms. The standard InChI is InChI=1S/C18H30N2/c1-15(16-5-7-17(19)8-6-16)9-13-20-12-4-10-18(2,3)11-14-20/h5-8,15H,4,9-14,19H2,1-3H3. The van der Waals surface area contributed by atoms with Crippen molar-refractivity contribution in [2.24, 2.45) is 5.41 Å². The van der Waals surface area contributed by atoms with Gasteiger partial charge in [-0.1, -0.05) is 32.9 Å². The van der Waals surface area contributed by atoms with Crippen LogP contribution in [0.1, 0.15) is 57.9 Å². The van der Waals surface area contributed by atoms with Crippen molar-refractivity contribution >= 4 is 5.69 Å². The monoisotopic (exact) mass is 274 g/mol. The lowest BCUT2D eigenvalue weighted by Crippen LogP contribution is -2.27. The van der Waals surface area contributed by atoms with E-state index >= 15 is 0 Å². The Bertz CT molecular complexity index is 408. The molecule has 0 aliphatic carbocycles. The maximum Gasteiger partial charge on any atom is 0.0314 e. The van der Waals surface area contributed by atoms with Crippen molar-refractivity contribution in [3.63, 3.8) is 0 Å². The second kappa shape index (κ2) is 6.62. The van der Waals surface area contributed by atoms with Crippen LogP contribution >= 0.6 is 0 Å². The van der Waals surface area contributed by atoms with Crippen LogP contribution in [0.25, 0.3) is 0 Å². The SMILES string of the molecule is CC(CCN1CCCC(C)(C)CC1)c1ccc(N)cc1. The van der Waals surface area contributed by atoms with E-state index in [0.717, 1.165) is 5.69 Å². The van der Waals surface area contributed by atoms with Crippen LogP contribution in [0, 0.1) is 5.41 Å². The van der Waals surface area contributed by atoms with E-state index in [4.69, 9.17) is 5.73 Å². The number of nitrogens with zero attached hydrogens (tertiary/aromatic N) is 1. The first-order valence-electron chi connectivity index (χ1n) is 8.04. The first kappa shape index (κ1) is 15.4. The predicted molar refractivity (Wildman–Crippen MR) is 88.0 cm³/mol. The van der Waals surface area contributed by atoms with Crippen LogP contribution in [0.15, 0.2) is 24.3 Å². The minimum Gasteiger partial charge on any atom is -0.399 e. The Morgan fingerprint density at radius 3 is 2.55 bits per heavy atom. The number of hydrogen-bond donors (Lipinski definition) is 1. The zero-order valence-corrected chi connectivity index (χ0v) is 13.4. The van der Waals surface area contributed by atoms with Gasteiger partial charge in [-0.05, 0) is 74.3 Å². The van der Waals surface area contributed by atoms with E-state index in [1.165, 1.54) is 50.9 Å². The summed E-state index contributed by atoms with van der Waals surface area (Å²) in [5, 5.41) is 0. The molecule has 1 atom stereocenters. The number of hydrogen-bond acceptors (Lipinski definition) is 2. The highest BCUT2D eigenvalue weighted by Gasteiger charge is 2.23. The summed E-state index contributed by atoms with van der Waals surface area (Å²) in [7, 11) is 0. The van der Waals surface area contributed by atoms with Gasteiger partial charge in [-0.2, -0.15) is 0 Å². The normalized spacial score (nSPS) is 21.4. The van der Waals surface area contributed by atoms with Crippen LogP contribution in [0.3, 0.4) is 0 Å². The molecule has 112 valence electrons. The van der Waals surface area contributed by atoms with Crippen LogP contribution in [0.2, 0.25) is 0 Å². The molecule has 0 saturated carbocycles. The molecule has 1 saturated heterocycles. The van der Waals surface area contributed by atoms with Gasteiger partial charge in [-0.15, -0.1) is 0 Å². The van der Waals surface area contributed by atoms with Gasteiger partial charge in [0.05, 0.1) is 0 Å². The molecular formula is C18H30N2. The fourth-order valence-electron chi connectivity index (χ4n) is 3.07. The maximum absolute atomic E-state index is 5.75. The van der Waals surface area contributed by atoms with Crippen molar-refractivity contribution in [1.82, 2.24) is 4.90 Å². The number of benzene rings is 1. The highest BCUT2D eigenvalue weighted by atomic mass is 15.1. The number of likely N-dealkylation sites (tertiary alicyclic amines) is 1. The molecule has 2 nitrogen and oxygen atoms in total.